The molecule has 3 rings (SSSR count). The van der Waals surface area contributed by atoms with Crippen molar-refractivity contribution >= 4 is 17.6 Å². The van der Waals surface area contributed by atoms with Crippen molar-refractivity contribution in [1.29, 1.82) is 0 Å². The summed E-state index contributed by atoms with van der Waals surface area (Å²) in [7, 11) is 5.19. The average Bonchev–Trinajstić information content (AvgIpc) is 3.03. The zero-order valence-electron chi connectivity index (χ0n) is 16.1. The van der Waals surface area contributed by atoms with Gasteiger partial charge in [-0.2, -0.15) is 0 Å². The van der Waals surface area contributed by atoms with Crippen LogP contribution < -0.4 is 19.8 Å². The third-order valence-electron chi connectivity index (χ3n) is 4.89. The van der Waals surface area contributed by atoms with Gasteiger partial charge in [-0.3, -0.25) is 15.1 Å². The normalized spacial score (nSPS) is 18.7. The molecule has 9 heteroatoms. The van der Waals surface area contributed by atoms with Crippen LogP contribution in [0.25, 0.3) is 0 Å². The Morgan fingerprint density at radius 2 is 1.74 bits per heavy atom. The Labute approximate surface area is 159 Å². The summed E-state index contributed by atoms with van der Waals surface area (Å²) in [6, 6.07) is 5.16. The molecule has 148 valence electrons. The van der Waals surface area contributed by atoms with Crippen molar-refractivity contribution in [1.82, 2.24) is 20.2 Å². The molecule has 27 heavy (non-hydrogen) atoms. The van der Waals surface area contributed by atoms with Gasteiger partial charge in [-0.1, -0.05) is 0 Å². The van der Waals surface area contributed by atoms with Crippen molar-refractivity contribution in [3.8, 4) is 11.5 Å². The van der Waals surface area contributed by atoms with Crippen molar-refractivity contribution in [3.63, 3.8) is 0 Å². The highest BCUT2D eigenvalue weighted by Gasteiger charge is 2.31. The van der Waals surface area contributed by atoms with Crippen molar-refractivity contribution in [3.05, 3.63) is 18.2 Å². The van der Waals surface area contributed by atoms with Gasteiger partial charge in [-0.05, 0) is 19.2 Å². The molecule has 2 fully saturated rings. The van der Waals surface area contributed by atoms with Crippen LogP contribution in [-0.2, 0) is 4.79 Å². The Bertz CT molecular complexity index is 690. The summed E-state index contributed by atoms with van der Waals surface area (Å²) in [5.41, 5.74) is 3.62. The number of nitrogens with zero attached hydrogens (tertiary/aromatic N) is 4. The molecule has 1 aromatic carbocycles. The lowest BCUT2D eigenvalue weighted by Gasteiger charge is -2.32. The molecule has 0 unspecified atom stereocenters. The number of rotatable bonds is 6. The molecule has 0 atom stereocenters. The van der Waals surface area contributed by atoms with Crippen LogP contribution in [0.15, 0.2) is 18.2 Å². The number of carbonyl (C=O) groups excluding carboxylic acids is 2. The predicted molar refractivity (Wildman–Crippen MR) is 101 cm³/mol. The standard InChI is InChI=1S/C18H27N5O4/c1-20-6-9-22(10-7-20)19-17(24)13-21-8-11-23(18(21)25)14-4-5-15(26-2)16(12-14)27-3/h4-5,12H,6-11,13H2,1-3H3,(H,19,24). The Morgan fingerprint density at radius 3 is 2.41 bits per heavy atom. The third kappa shape index (κ3) is 4.42. The Morgan fingerprint density at radius 1 is 1.04 bits per heavy atom. The van der Waals surface area contributed by atoms with Crippen LogP contribution in [0.4, 0.5) is 10.5 Å². The fraction of sp³-hybridized carbons (Fsp3) is 0.556. The minimum Gasteiger partial charge on any atom is -0.493 e. The molecule has 1 N–H and O–H groups in total. The molecule has 0 radical (unpaired) electrons. The van der Waals surface area contributed by atoms with Gasteiger partial charge in [0.1, 0.15) is 6.54 Å². The number of likely N-dealkylation sites (N-methyl/N-ethyl adjacent to an activating group) is 1. The number of nitrogens with one attached hydrogen (secondary N) is 1. The lowest BCUT2D eigenvalue weighted by molar-refractivity contribution is -0.127. The van der Waals surface area contributed by atoms with Crippen LogP contribution in [0.3, 0.4) is 0 Å². The lowest BCUT2D eigenvalue weighted by atomic mass is 10.2. The molecule has 0 spiro atoms. The minimum absolute atomic E-state index is 0.0506. The van der Waals surface area contributed by atoms with E-state index < -0.39 is 0 Å². The summed E-state index contributed by atoms with van der Waals surface area (Å²) >= 11 is 0. The summed E-state index contributed by atoms with van der Waals surface area (Å²) in [4.78, 5) is 30.4. The van der Waals surface area contributed by atoms with Crippen molar-refractivity contribution in [2.75, 3.05) is 72.0 Å². The smallest absolute Gasteiger partial charge is 0.325 e. The van der Waals surface area contributed by atoms with E-state index >= 15 is 0 Å². The first kappa shape index (κ1) is 19.2. The van der Waals surface area contributed by atoms with Gasteiger partial charge in [0.25, 0.3) is 5.91 Å². The van der Waals surface area contributed by atoms with Crippen LogP contribution in [-0.4, -0.2) is 93.8 Å². The average molecular weight is 377 g/mol. The maximum atomic E-state index is 12.7. The number of hydrogen-bond acceptors (Lipinski definition) is 6. The fourth-order valence-corrected chi connectivity index (χ4v) is 3.27. The van der Waals surface area contributed by atoms with E-state index in [1.165, 1.54) is 0 Å². The quantitative estimate of drug-likeness (QED) is 0.765. The van der Waals surface area contributed by atoms with Gasteiger partial charge in [0.05, 0.1) is 14.2 Å². The number of methoxy groups -OCH3 is 2. The number of ether oxygens (including phenoxy) is 2. The monoisotopic (exact) mass is 377 g/mol. The number of carbonyl (C=O) groups is 2. The van der Waals surface area contributed by atoms with E-state index in [9.17, 15) is 9.59 Å². The number of amides is 3. The maximum absolute atomic E-state index is 12.7. The minimum atomic E-state index is -0.184. The predicted octanol–water partition coefficient (Wildman–Crippen LogP) is 0.224. The summed E-state index contributed by atoms with van der Waals surface area (Å²) in [6.07, 6.45) is 0. The van der Waals surface area contributed by atoms with Crippen LogP contribution in [0, 0.1) is 0 Å². The van der Waals surface area contributed by atoms with Gasteiger partial charge in [-0.15, -0.1) is 0 Å². The van der Waals surface area contributed by atoms with Gasteiger partial charge >= 0.3 is 6.03 Å². The Balaban J connectivity index is 1.57. The highest BCUT2D eigenvalue weighted by atomic mass is 16.5. The topological polar surface area (TPSA) is 77.6 Å². The van der Waals surface area contributed by atoms with Crippen LogP contribution >= 0.6 is 0 Å². The van der Waals surface area contributed by atoms with E-state index in [4.69, 9.17) is 9.47 Å². The molecular formula is C18H27N5O4. The molecule has 9 nitrogen and oxygen atoms in total. The molecule has 0 aliphatic carbocycles. The summed E-state index contributed by atoms with van der Waals surface area (Å²) < 4.78 is 10.5. The first-order valence-corrected chi connectivity index (χ1v) is 9.03. The highest BCUT2D eigenvalue weighted by Crippen LogP contribution is 2.32. The van der Waals surface area contributed by atoms with E-state index in [0.717, 1.165) is 31.9 Å². The van der Waals surface area contributed by atoms with Gasteiger partial charge < -0.3 is 19.3 Å². The number of urea groups is 1. The van der Waals surface area contributed by atoms with Gasteiger partial charge in [0.2, 0.25) is 0 Å². The molecular weight excluding hydrogens is 350 g/mol. The lowest BCUT2D eigenvalue weighted by Crippen LogP contribution is -2.54. The van der Waals surface area contributed by atoms with Gasteiger partial charge in [-0.25, -0.2) is 9.80 Å². The van der Waals surface area contributed by atoms with E-state index in [-0.39, 0.29) is 18.5 Å². The summed E-state index contributed by atoms with van der Waals surface area (Å²) in [5, 5.41) is 1.91. The Kier molecular flexibility index (Phi) is 6.02. The zero-order chi connectivity index (χ0) is 19.4. The molecule has 3 amide bonds. The number of piperazine rings is 1. The number of hydrogen-bond donors (Lipinski definition) is 1. The van der Waals surface area contributed by atoms with Crippen LogP contribution in [0.1, 0.15) is 0 Å². The highest BCUT2D eigenvalue weighted by molar-refractivity contribution is 5.96. The second-order valence-electron chi connectivity index (χ2n) is 6.72. The summed E-state index contributed by atoms with van der Waals surface area (Å²) in [5.74, 6) is 1.01. The van der Waals surface area contributed by atoms with E-state index in [2.05, 4.69) is 17.4 Å². The van der Waals surface area contributed by atoms with Crippen LogP contribution in [0.2, 0.25) is 0 Å². The first-order chi connectivity index (χ1) is 13.0. The van der Waals surface area contributed by atoms with E-state index in [1.54, 1.807) is 36.2 Å². The SMILES string of the molecule is COc1ccc(N2CCN(CC(=O)NN3CCN(C)CC3)C2=O)cc1OC. The molecule has 0 bridgehead atoms. The largest absolute Gasteiger partial charge is 0.493 e. The van der Waals surface area contributed by atoms with Crippen molar-refractivity contribution in [2.45, 2.75) is 0 Å². The second-order valence-corrected chi connectivity index (χ2v) is 6.72. The first-order valence-electron chi connectivity index (χ1n) is 9.03. The van der Waals surface area contributed by atoms with Crippen molar-refractivity contribution in [2.24, 2.45) is 0 Å². The summed E-state index contributed by atoms with van der Waals surface area (Å²) in [6.45, 7) is 4.47. The molecule has 2 heterocycles. The van der Waals surface area contributed by atoms with Crippen LogP contribution in [0.5, 0.6) is 11.5 Å². The molecule has 2 saturated heterocycles. The van der Waals surface area contributed by atoms with E-state index in [0.29, 0.717) is 24.6 Å². The second kappa shape index (κ2) is 8.45. The molecule has 2 aliphatic heterocycles. The molecule has 0 saturated carbocycles. The number of hydrazine groups is 1. The third-order valence-corrected chi connectivity index (χ3v) is 4.89. The molecule has 1 aromatic rings. The van der Waals surface area contributed by atoms with E-state index in [1.807, 2.05) is 11.1 Å². The van der Waals surface area contributed by atoms with Gasteiger partial charge in [0, 0.05) is 51.0 Å². The Hall–Kier alpha value is -2.52. The molecule has 0 aromatic heterocycles. The number of benzene rings is 1. The maximum Gasteiger partial charge on any atom is 0.325 e. The van der Waals surface area contributed by atoms with Crippen molar-refractivity contribution < 1.29 is 19.1 Å². The molecule has 2 aliphatic rings. The fourth-order valence-electron chi connectivity index (χ4n) is 3.27. The zero-order valence-corrected chi connectivity index (χ0v) is 16.1. The van der Waals surface area contributed by atoms with Gasteiger partial charge in [0.15, 0.2) is 11.5 Å². The number of anilines is 1.